The van der Waals surface area contributed by atoms with Crippen molar-refractivity contribution >= 4 is 20.2 Å². The van der Waals surface area contributed by atoms with Gasteiger partial charge in [0.2, 0.25) is 0 Å². The van der Waals surface area contributed by atoms with Gasteiger partial charge in [-0.1, -0.05) is 0 Å². The van der Waals surface area contributed by atoms with Gasteiger partial charge < -0.3 is 0 Å². The molecule has 0 amide bonds. The van der Waals surface area contributed by atoms with Crippen LogP contribution in [0.3, 0.4) is 0 Å². The predicted molar refractivity (Wildman–Crippen MR) is 70.7 cm³/mol. The quantitative estimate of drug-likeness (QED) is 0.256. The zero-order chi connectivity index (χ0) is 22.7. The van der Waals surface area contributed by atoms with Crippen molar-refractivity contribution in [2.75, 3.05) is 24.7 Å². The first-order chi connectivity index (χ1) is 12.1. The van der Waals surface area contributed by atoms with E-state index in [0.717, 1.165) is 0 Å². The normalized spacial score (nSPS) is 15.1. The van der Waals surface area contributed by atoms with E-state index in [2.05, 4.69) is 8.37 Å². The fourth-order valence-electron chi connectivity index (χ4n) is 1.23. The third kappa shape index (κ3) is 9.08. The van der Waals surface area contributed by atoms with E-state index in [1.165, 1.54) is 0 Å². The number of rotatable bonds is 11. The number of hydrogen-bond acceptors (Lipinski definition) is 6. The monoisotopic (exact) mass is 482 g/mol. The van der Waals surface area contributed by atoms with Crippen LogP contribution in [0.5, 0.6) is 0 Å². The van der Waals surface area contributed by atoms with E-state index in [4.69, 9.17) is 0 Å². The van der Waals surface area contributed by atoms with E-state index in [9.17, 15) is 60.7 Å². The summed E-state index contributed by atoms with van der Waals surface area (Å²) in [6.07, 6.45) is -16.4. The van der Waals surface area contributed by atoms with Crippen LogP contribution >= 0.6 is 0 Å². The van der Waals surface area contributed by atoms with Crippen LogP contribution in [0.25, 0.3) is 0 Å². The minimum absolute atomic E-state index is 1.24. The molecular weight excluding hydrogens is 470 g/mol. The van der Waals surface area contributed by atoms with Crippen molar-refractivity contribution in [3.63, 3.8) is 0 Å². The van der Waals surface area contributed by atoms with E-state index >= 15 is 0 Å². The highest BCUT2D eigenvalue weighted by Gasteiger charge is 2.58. The maximum atomic E-state index is 12.6. The van der Waals surface area contributed by atoms with Gasteiger partial charge >= 0.3 is 24.2 Å². The van der Waals surface area contributed by atoms with Gasteiger partial charge in [0.1, 0.15) is 0 Å². The molecule has 0 saturated carbocycles. The van der Waals surface area contributed by atoms with Crippen LogP contribution in [0.1, 0.15) is 12.8 Å². The van der Waals surface area contributed by atoms with Gasteiger partial charge in [-0.25, -0.2) is 0 Å². The average Bonchev–Trinajstić information content (AvgIpc) is 2.46. The fraction of sp³-hybridized carbons (Fsp3) is 1.00. The highest BCUT2D eigenvalue weighted by atomic mass is 32.2. The lowest BCUT2D eigenvalue weighted by molar-refractivity contribution is -0.282. The van der Waals surface area contributed by atoms with E-state index in [0.29, 0.717) is 0 Å². The van der Waals surface area contributed by atoms with Crippen molar-refractivity contribution in [1.29, 1.82) is 0 Å². The van der Waals surface area contributed by atoms with Gasteiger partial charge in [0.05, 0.1) is 24.7 Å². The lowest BCUT2D eigenvalue weighted by Crippen LogP contribution is -2.38. The van der Waals surface area contributed by atoms with Crippen molar-refractivity contribution in [1.82, 2.24) is 0 Å². The Kier molecular flexibility index (Phi) is 8.59. The van der Waals surface area contributed by atoms with Crippen molar-refractivity contribution < 1.29 is 69.1 Å². The summed E-state index contributed by atoms with van der Waals surface area (Å²) < 4.78 is 174. The van der Waals surface area contributed by atoms with Crippen LogP contribution in [0, 0.1) is 0 Å². The molecule has 0 saturated heterocycles. The first-order valence-electron chi connectivity index (χ1n) is 6.75. The molecule has 0 aromatic rings. The van der Waals surface area contributed by atoms with Gasteiger partial charge in [-0.15, -0.1) is 0 Å². The minimum Gasteiger partial charge on any atom is -0.268 e. The Morgan fingerprint density at radius 1 is 0.536 bits per heavy atom. The third-order valence-corrected chi connectivity index (χ3v) is 5.23. The molecule has 0 heterocycles. The summed E-state index contributed by atoms with van der Waals surface area (Å²) in [5, 5.41) is 0. The lowest BCUT2D eigenvalue weighted by atomic mass is 10.2. The maximum Gasteiger partial charge on any atom is 0.453 e. The van der Waals surface area contributed by atoms with E-state index in [1.807, 2.05) is 0 Å². The van der Waals surface area contributed by atoms with Gasteiger partial charge in [-0.2, -0.15) is 60.7 Å². The highest BCUT2D eigenvalue weighted by Crippen LogP contribution is 2.39. The van der Waals surface area contributed by atoms with Crippen LogP contribution < -0.4 is 0 Å². The molecule has 0 rings (SSSR count). The van der Waals surface area contributed by atoms with Gasteiger partial charge in [-0.05, 0) is 0 Å². The second kappa shape index (κ2) is 8.86. The number of alkyl halides is 10. The van der Waals surface area contributed by atoms with Gasteiger partial charge in [0, 0.05) is 12.8 Å². The third-order valence-electron chi connectivity index (χ3n) is 2.77. The van der Waals surface area contributed by atoms with Crippen molar-refractivity contribution in [3.8, 4) is 0 Å². The molecule has 18 heteroatoms. The lowest BCUT2D eigenvalue weighted by Gasteiger charge is -2.19. The topological polar surface area (TPSA) is 86.7 Å². The summed E-state index contributed by atoms with van der Waals surface area (Å²) in [5.41, 5.74) is 0. The van der Waals surface area contributed by atoms with Crippen molar-refractivity contribution in [2.45, 2.75) is 37.0 Å². The summed E-state index contributed by atoms with van der Waals surface area (Å²) in [5.74, 6) is -14.3. The Bertz CT molecular complexity index is 648. The van der Waals surface area contributed by atoms with Crippen LogP contribution in [-0.4, -0.2) is 65.8 Å². The Morgan fingerprint density at radius 3 is 1.00 bits per heavy atom. The SMILES string of the molecule is O=S(=O)(CCC(F)(F)C(F)(F)F)OCCOS(=O)(=O)CCC(F)(F)C(F)(F)F. The van der Waals surface area contributed by atoms with Crippen molar-refractivity contribution in [3.05, 3.63) is 0 Å². The second-order valence-corrected chi connectivity index (χ2v) is 8.59. The molecule has 0 aliphatic heterocycles. The molecule has 0 aliphatic rings. The Labute approximate surface area is 152 Å². The summed E-state index contributed by atoms with van der Waals surface area (Å²) in [6.45, 7) is -2.48. The molecule has 0 bridgehead atoms. The summed E-state index contributed by atoms with van der Waals surface area (Å²) in [6, 6.07) is 0. The Hall–Kier alpha value is -0.880. The zero-order valence-corrected chi connectivity index (χ0v) is 14.9. The van der Waals surface area contributed by atoms with Crippen LogP contribution in [0.15, 0.2) is 0 Å². The van der Waals surface area contributed by atoms with Gasteiger partial charge in [0.25, 0.3) is 20.2 Å². The standard InChI is InChI=1S/C10H12F10O6S2/c11-7(12,9(15,16)17)1-5-27(21,22)25-3-4-26-28(23,24)6-2-8(13,14)10(18,19)20/h1-6H2. The van der Waals surface area contributed by atoms with Gasteiger partial charge in [0.15, 0.2) is 0 Å². The minimum atomic E-state index is -6.02. The van der Waals surface area contributed by atoms with Crippen molar-refractivity contribution in [2.24, 2.45) is 0 Å². The van der Waals surface area contributed by atoms with Crippen LogP contribution in [-0.2, 0) is 28.6 Å². The fourth-order valence-corrected chi connectivity index (χ4v) is 3.12. The van der Waals surface area contributed by atoms with Crippen LogP contribution in [0.4, 0.5) is 43.9 Å². The molecule has 0 aliphatic carbocycles. The summed E-state index contributed by atoms with van der Waals surface area (Å²) >= 11 is 0. The molecule has 0 radical (unpaired) electrons. The largest absolute Gasteiger partial charge is 0.453 e. The molecule has 0 atom stereocenters. The molecule has 6 nitrogen and oxygen atoms in total. The Balaban J connectivity index is 4.47. The average molecular weight is 482 g/mol. The molecule has 0 fully saturated rings. The molecule has 0 unspecified atom stereocenters. The molecule has 0 spiro atoms. The second-order valence-electron chi connectivity index (χ2n) is 5.07. The molecular formula is C10H12F10O6S2. The Morgan fingerprint density at radius 2 is 0.786 bits per heavy atom. The molecule has 0 aromatic carbocycles. The molecule has 0 aromatic heterocycles. The van der Waals surface area contributed by atoms with Gasteiger partial charge in [-0.3, -0.25) is 8.37 Å². The molecule has 0 N–H and O–H groups in total. The highest BCUT2D eigenvalue weighted by molar-refractivity contribution is 7.87. The maximum absolute atomic E-state index is 12.6. The first kappa shape index (κ1) is 27.1. The summed E-state index contributed by atoms with van der Waals surface area (Å²) in [4.78, 5) is 0. The molecule has 28 heavy (non-hydrogen) atoms. The zero-order valence-electron chi connectivity index (χ0n) is 13.3. The van der Waals surface area contributed by atoms with E-state index in [1.54, 1.807) is 0 Å². The predicted octanol–water partition coefficient (Wildman–Crippen LogP) is 2.85. The van der Waals surface area contributed by atoms with Crippen LogP contribution in [0.2, 0.25) is 0 Å². The summed E-state index contributed by atoms with van der Waals surface area (Å²) in [7, 11) is -9.94. The number of halogens is 10. The first-order valence-corrected chi connectivity index (χ1v) is 9.91. The smallest absolute Gasteiger partial charge is 0.268 e. The van der Waals surface area contributed by atoms with E-state index in [-0.39, 0.29) is 0 Å². The van der Waals surface area contributed by atoms with E-state index < -0.39 is 82.0 Å². The number of hydrogen-bond donors (Lipinski definition) is 0. The molecule has 170 valence electrons.